The molecule has 2 aromatic carbocycles. The van der Waals surface area contributed by atoms with E-state index < -0.39 is 11.8 Å². The minimum atomic E-state index is -0.492. The van der Waals surface area contributed by atoms with Crippen LogP contribution in [-0.4, -0.2) is 37.3 Å². The number of para-hydroxylation sites is 2. The van der Waals surface area contributed by atoms with E-state index in [1.165, 1.54) is 7.11 Å². The van der Waals surface area contributed by atoms with Gasteiger partial charge < -0.3 is 14.2 Å². The van der Waals surface area contributed by atoms with Gasteiger partial charge in [-0.2, -0.15) is 0 Å². The lowest BCUT2D eigenvalue weighted by Crippen LogP contribution is -2.49. The molecule has 0 radical (unpaired) electrons. The summed E-state index contributed by atoms with van der Waals surface area (Å²) in [6, 6.07) is 12.1. The van der Waals surface area contributed by atoms with Crippen molar-refractivity contribution in [1.29, 1.82) is 0 Å². The van der Waals surface area contributed by atoms with Gasteiger partial charge in [0, 0.05) is 4.47 Å². The van der Waals surface area contributed by atoms with Crippen LogP contribution in [-0.2, 0) is 4.79 Å². The molecule has 0 atom stereocenters. The summed E-state index contributed by atoms with van der Waals surface area (Å²) in [5.74, 6) is 0.433. The second-order valence-electron chi connectivity index (χ2n) is 6.24. The smallest absolute Gasteiger partial charge is 0.276 e. The summed E-state index contributed by atoms with van der Waals surface area (Å²) >= 11 is 8.42. The molecule has 0 unspecified atom stereocenters. The number of benzene rings is 2. The molecule has 8 nitrogen and oxygen atoms in total. The van der Waals surface area contributed by atoms with Gasteiger partial charge in [-0.1, -0.05) is 41.4 Å². The number of hydrogen-bond donors (Lipinski definition) is 3. The van der Waals surface area contributed by atoms with E-state index >= 15 is 0 Å². The van der Waals surface area contributed by atoms with Gasteiger partial charge in [-0.05, 0) is 49.0 Å². The van der Waals surface area contributed by atoms with Crippen LogP contribution in [0, 0.1) is 0 Å². The molecule has 0 aliphatic carbocycles. The monoisotopic (exact) mass is 509 g/mol. The fourth-order valence-electron chi connectivity index (χ4n) is 2.38. The van der Waals surface area contributed by atoms with Crippen LogP contribution in [0.25, 0.3) is 0 Å². The van der Waals surface area contributed by atoms with Crippen molar-refractivity contribution in [3.8, 4) is 17.2 Å². The third-order valence-electron chi connectivity index (χ3n) is 3.91. The second-order valence-corrected chi connectivity index (χ2v) is 7.56. The number of methoxy groups -OCH3 is 1. The number of halogens is 1. The second kappa shape index (κ2) is 12.8. The Balaban J connectivity index is 1.84. The van der Waals surface area contributed by atoms with Gasteiger partial charge in [0.05, 0.1) is 19.3 Å². The third-order valence-corrected chi connectivity index (χ3v) is 4.61. The topological polar surface area (TPSA) is 97.9 Å². The molecule has 2 amide bonds. The molecule has 2 rings (SSSR count). The Morgan fingerprint density at radius 1 is 1.03 bits per heavy atom. The molecule has 0 aliphatic heterocycles. The number of unbranched alkanes of at least 4 members (excludes halogenated alkanes) is 1. The SMILES string of the molecule is CCCCOc1ccc(Br)cc1C(=O)NC(=S)NNC(=O)COc1ccccc1OC. The van der Waals surface area contributed by atoms with E-state index in [0.29, 0.717) is 29.4 Å². The third kappa shape index (κ3) is 8.06. The minimum absolute atomic E-state index is 0.0740. The number of carbonyl (C=O) groups is 2. The van der Waals surface area contributed by atoms with E-state index in [1.807, 2.05) is 0 Å². The highest BCUT2D eigenvalue weighted by molar-refractivity contribution is 9.10. The van der Waals surface area contributed by atoms with E-state index in [0.717, 1.165) is 17.3 Å². The molecule has 166 valence electrons. The fourth-order valence-corrected chi connectivity index (χ4v) is 2.88. The van der Waals surface area contributed by atoms with Crippen LogP contribution in [0.4, 0.5) is 0 Å². The summed E-state index contributed by atoms with van der Waals surface area (Å²) in [6.45, 7) is 2.28. The van der Waals surface area contributed by atoms with Gasteiger partial charge in [0.25, 0.3) is 11.8 Å². The molecule has 10 heteroatoms. The Morgan fingerprint density at radius 2 is 1.77 bits per heavy atom. The molecule has 0 saturated heterocycles. The van der Waals surface area contributed by atoms with Crippen LogP contribution in [0.3, 0.4) is 0 Å². The van der Waals surface area contributed by atoms with Crippen molar-refractivity contribution in [3.63, 3.8) is 0 Å². The van der Waals surface area contributed by atoms with Gasteiger partial charge in [0.1, 0.15) is 5.75 Å². The van der Waals surface area contributed by atoms with Crippen molar-refractivity contribution in [3.05, 3.63) is 52.5 Å². The van der Waals surface area contributed by atoms with Crippen molar-refractivity contribution >= 4 is 45.1 Å². The summed E-state index contributed by atoms with van der Waals surface area (Å²) < 4.78 is 17.0. The zero-order chi connectivity index (χ0) is 22.6. The predicted molar refractivity (Wildman–Crippen MR) is 124 cm³/mol. The van der Waals surface area contributed by atoms with Crippen LogP contribution in [0.15, 0.2) is 46.9 Å². The minimum Gasteiger partial charge on any atom is -0.493 e. The van der Waals surface area contributed by atoms with Crippen LogP contribution in [0.2, 0.25) is 0 Å². The lowest BCUT2D eigenvalue weighted by Gasteiger charge is -2.14. The van der Waals surface area contributed by atoms with Crippen LogP contribution >= 0.6 is 28.1 Å². The van der Waals surface area contributed by atoms with Crippen LogP contribution < -0.4 is 30.4 Å². The fraction of sp³-hybridized carbons (Fsp3) is 0.286. The van der Waals surface area contributed by atoms with E-state index in [-0.39, 0.29) is 11.7 Å². The quantitative estimate of drug-likeness (QED) is 0.271. The molecule has 0 aromatic heterocycles. The normalized spacial score (nSPS) is 10.0. The van der Waals surface area contributed by atoms with Gasteiger partial charge in [-0.25, -0.2) is 0 Å². The average Bonchev–Trinajstić information content (AvgIpc) is 2.77. The van der Waals surface area contributed by atoms with Gasteiger partial charge >= 0.3 is 0 Å². The lowest BCUT2D eigenvalue weighted by atomic mass is 10.2. The first kappa shape index (κ1) is 24.4. The van der Waals surface area contributed by atoms with Gasteiger partial charge in [0.15, 0.2) is 23.2 Å². The number of hydrazine groups is 1. The predicted octanol–water partition coefficient (Wildman–Crippen LogP) is 3.35. The van der Waals surface area contributed by atoms with Crippen molar-refractivity contribution < 1.29 is 23.8 Å². The molecule has 31 heavy (non-hydrogen) atoms. The zero-order valence-corrected chi connectivity index (χ0v) is 19.6. The highest BCUT2D eigenvalue weighted by Crippen LogP contribution is 2.25. The molecule has 3 N–H and O–H groups in total. The molecule has 0 saturated carbocycles. The molecule has 0 spiro atoms. The maximum absolute atomic E-state index is 12.6. The number of nitrogens with one attached hydrogen (secondary N) is 3. The van der Waals surface area contributed by atoms with Crippen molar-refractivity contribution in [1.82, 2.24) is 16.2 Å². The standard InChI is InChI=1S/C21H24BrN3O5S/c1-3-4-11-29-16-10-9-14(22)12-15(16)20(27)23-21(31)25-24-19(26)13-30-18-8-6-5-7-17(18)28-2/h5-10,12H,3-4,11,13H2,1-2H3,(H,24,26)(H2,23,25,27,31). The Labute approximate surface area is 194 Å². The molecule has 0 bridgehead atoms. The number of thiocarbonyl (C=S) groups is 1. The first-order valence-corrected chi connectivity index (χ1v) is 10.7. The highest BCUT2D eigenvalue weighted by atomic mass is 79.9. The summed E-state index contributed by atoms with van der Waals surface area (Å²) in [5.41, 5.74) is 5.15. The Bertz CT molecular complexity index is 926. The molecular formula is C21H24BrN3O5S. The van der Waals surface area contributed by atoms with Gasteiger partial charge in [-0.3, -0.25) is 25.8 Å². The summed E-state index contributed by atoms with van der Waals surface area (Å²) in [6.07, 6.45) is 1.85. The Morgan fingerprint density at radius 3 is 2.48 bits per heavy atom. The van der Waals surface area contributed by atoms with Crippen molar-refractivity contribution in [2.24, 2.45) is 0 Å². The highest BCUT2D eigenvalue weighted by Gasteiger charge is 2.15. The molecular weight excluding hydrogens is 486 g/mol. The summed E-state index contributed by atoms with van der Waals surface area (Å²) in [4.78, 5) is 24.6. The molecule has 0 heterocycles. The van der Waals surface area contributed by atoms with Crippen LogP contribution in [0.5, 0.6) is 17.2 Å². The number of carbonyl (C=O) groups excluding carboxylic acids is 2. The number of hydrogen-bond acceptors (Lipinski definition) is 6. The maximum atomic E-state index is 12.6. The Hall–Kier alpha value is -2.85. The lowest BCUT2D eigenvalue weighted by molar-refractivity contribution is -0.123. The van der Waals surface area contributed by atoms with Gasteiger partial charge in [-0.15, -0.1) is 0 Å². The van der Waals surface area contributed by atoms with Gasteiger partial charge in [0.2, 0.25) is 0 Å². The Kier molecular flexibility index (Phi) is 10.0. The summed E-state index contributed by atoms with van der Waals surface area (Å²) in [7, 11) is 1.51. The van der Waals surface area contributed by atoms with E-state index in [4.69, 9.17) is 26.4 Å². The molecule has 2 aromatic rings. The van der Waals surface area contributed by atoms with Crippen molar-refractivity contribution in [2.45, 2.75) is 19.8 Å². The zero-order valence-electron chi connectivity index (χ0n) is 17.2. The number of amides is 2. The first-order chi connectivity index (χ1) is 14.9. The number of ether oxygens (including phenoxy) is 3. The van der Waals surface area contributed by atoms with E-state index in [2.05, 4.69) is 39.0 Å². The molecule has 0 fully saturated rings. The maximum Gasteiger partial charge on any atom is 0.276 e. The largest absolute Gasteiger partial charge is 0.493 e. The first-order valence-electron chi connectivity index (χ1n) is 9.53. The van der Waals surface area contributed by atoms with Crippen LogP contribution in [0.1, 0.15) is 30.1 Å². The summed E-state index contributed by atoms with van der Waals surface area (Å²) in [5, 5.41) is 2.43. The van der Waals surface area contributed by atoms with E-state index in [9.17, 15) is 9.59 Å². The molecule has 0 aliphatic rings. The van der Waals surface area contributed by atoms with Crippen molar-refractivity contribution in [2.75, 3.05) is 20.3 Å². The van der Waals surface area contributed by atoms with E-state index in [1.54, 1.807) is 42.5 Å². The number of rotatable bonds is 9. The average molecular weight is 510 g/mol.